The zero-order chi connectivity index (χ0) is 19.8. The highest BCUT2D eigenvalue weighted by Gasteiger charge is 2.13. The van der Waals surface area contributed by atoms with Crippen molar-refractivity contribution in [2.75, 3.05) is 46.5 Å². The summed E-state index contributed by atoms with van der Waals surface area (Å²) in [5.41, 5.74) is 1.72. The second-order valence-electron chi connectivity index (χ2n) is 6.60. The summed E-state index contributed by atoms with van der Waals surface area (Å²) in [7, 11) is 1.61. The molecule has 1 heterocycles. The van der Waals surface area contributed by atoms with Gasteiger partial charge in [0.05, 0.1) is 25.3 Å². The molecule has 5 nitrogen and oxygen atoms in total. The van der Waals surface area contributed by atoms with Crippen LogP contribution in [0.25, 0.3) is 0 Å². The van der Waals surface area contributed by atoms with Gasteiger partial charge in [0.15, 0.2) is 11.5 Å². The summed E-state index contributed by atoms with van der Waals surface area (Å²) in [6, 6.07) is 10.1. The van der Waals surface area contributed by atoms with Crippen molar-refractivity contribution in [3.63, 3.8) is 0 Å². The Kier molecular flexibility index (Phi) is 7.91. The highest BCUT2D eigenvalue weighted by molar-refractivity contribution is 6.31. The Morgan fingerprint density at radius 1 is 1.18 bits per heavy atom. The molecule has 0 bridgehead atoms. The lowest BCUT2D eigenvalue weighted by atomic mass is 10.1. The van der Waals surface area contributed by atoms with Crippen LogP contribution in [-0.2, 0) is 17.9 Å². The van der Waals surface area contributed by atoms with Crippen molar-refractivity contribution in [1.82, 2.24) is 10.2 Å². The van der Waals surface area contributed by atoms with E-state index in [1.165, 1.54) is 12.1 Å². The minimum Gasteiger partial charge on any atom is -0.493 e. The third-order valence-corrected chi connectivity index (χ3v) is 5.04. The van der Waals surface area contributed by atoms with Gasteiger partial charge >= 0.3 is 0 Å². The fraction of sp³-hybridized carbons (Fsp3) is 0.429. The molecule has 1 aliphatic rings. The van der Waals surface area contributed by atoms with E-state index in [9.17, 15) is 4.39 Å². The van der Waals surface area contributed by atoms with Crippen LogP contribution < -0.4 is 14.8 Å². The first-order valence-corrected chi connectivity index (χ1v) is 9.78. The van der Waals surface area contributed by atoms with E-state index in [0.29, 0.717) is 23.1 Å². The summed E-state index contributed by atoms with van der Waals surface area (Å²) in [5.74, 6) is 0.964. The predicted octanol–water partition coefficient (Wildman–Crippen LogP) is 3.49. The number of para-hydroxylation sites is 1. The molecule has 7 heteroatoms. The average molecular weight is 409 g/mol. The molecule has 2 aromatic rings. The van der Waals surface area contributed by atoms with Gasteiger partial charge in [-0.05, 0) is 18.2 Å². The zero-order valence-electron chi connectivity index (χ0n) is 16.0. The van der Waals surface area contributed by atoms with Gasteiger partial charge in [-0.25, -0.2) is 4.39 Å². The van der Waals surface area contributed by atoms with E-state index >= 15 is 0 Å². The van der Waals surface area contributed by atoms with Crippen molar-refractivity contribution in [3.8, 4) is 11.5 Å². The van der Waals surface area contributed by atoms with Gasteiger partial charge in [0.2, 0.25) is 0 Å². The molecular formula is C21H26ClFN2O3. The van der Waals surface area contributed by atoms with Crippen molar-refractivity contribution in [2.24, 2.45) is 0 Å². The number of hydrogen-bond acceptors (Lipinski definition) is 5. The number of hydrogen-bond donors (Lipinski definition) is 1. The van der Waals surface area contributed by atoms with Crippen LogP contribution in [0, 0.1) is 5.82 Å². The van der Waals surface area contributed by atoms with Gasteiger partial charge in [0.25, 0.3) is 0 Å². The Morgan fingerprint density at radius 3 is 2.75 bits per heavy atom. The Morgan fingerprint density at radius 2 is 2.00 bits per heavy atom. The quantitative estimate of drug-likeness (QED) is 0.643. The van der Waals surface area contributed by atoms with Crippen LogP contribution in [0.5, 0.6) is 11.5 Å². The topological polar surface area (TPSA) is 43.0 Å². The highest BCUT2D eigenvalue weighted by atomic mass is 35.5. The number of benzene rings is 2. The number of nitrogens with zero attached hydrogens (tertiary/aromatic N) is 1. The van der Waals surface area contributed by atoms with Gasteiger partial charge in [0, 0.05) is 43.9 Å². The number of halogens is 2. The largest absolute Gasteiger partial charge is 0.493 e. The molecule has 2 aromatic carbocycles. The molecule has 0 radical (unpaired) electrons. The summed E-state index contributed by atoms with van der Waals surface area (Å²) in [6.07, 6.45) is 0. The van der Waals surface area contributed by atoms with Gasteiger partial charge in [0.1, 0.15) is 12.4 Å². The molecule has 0 saturated carbocycles. The van der Waals surface area contributed by atoms with Crippen LogP contribution in [0.3, 0.4) is 0 Å². The van der Waals surface area contributed by atoms with E-state index in [4.69, 9.17) is 25.8 Å². The lowest BCUT2D eigenvalue weighted by molar-refractivity contribution is 0.0384. The van der Waals surface area contributed by atoms with Crippen LogP contribution in [0.4, 0.5) is 4.39 Å². The summed E-state index contributed by atoms with van der Waals surface area (Å²) in [4.78, 5) is 2.38. The average Bonchev–Trinajstić information content (AvgIpc) is 2.71. The van der Waals surface area contributed by atoms with Crippen LogP contribution in [-0.4, -0.2) is 51.4 Å². The maximum atomic E-state index is 13.2. The smallest absolute Gasteiger partial charge is 0.166 e. The molecule has 3 rings (SSSR count). The first-order valence-electron chi connectivity index (χ1n) is 9.41. The molecule has 0 aliphatic carbocycles. The molecule has 1 N–H and O–H groups in total. The predicted molar refractivity (Wildman–Crippen MR) is 108 cm³/mol. The molecular weight excluding hydrogens is 383 g/mol. The Hall–Kier alpha value is -1.86. The van der Waals surface area contributed by atoms with E-state index in [-0.39, 0.29) is 12.4 Å². The molecule has 1 fully saturated rings. The number of nitrogens with one attached hydrogen (secondary N) is 1. The van der Waals surface area contributed by atoms with Crippen molar-refractivity contribution >= 4 is 11.6 Å². The van der Waals surface area contributed by atoms with E-state index in [1.807, 2.05) is 18.2 Å². The van der Waals surface area contributed by atoms with Gasteiger partial charge in [-0.3, -0.25) is 4.90 Å². The van der Waals surface area contributed by atoms with Crippen LogP contribution in [0.15, 0.2) is 36.4 Å². The first-order chi connectivity index (χ1) is 13.7. The molecule has 0 atom stereocenters. The third-order valence-electron chi connectivity index (χ3n) is 4.69. The molecule has 28 heavy (non-hydrogen) atoms. The van der Waals surface area contributed by atoms with Gasteiger partial charge in [-0.2, -0.15) is 0 Å². The minimum atomic E-state index is -0.365. The molecule has 1 saturated heterocycles. The van der Waals surface area contributed by atoms with E-state index in [0.717, 1.165) is 50.5 Å². The van der Waals surface area contributed by atoms with Gasteiger partial charge < -0.3 is 19.5 Å². The highest BCUT2D eigenvalue weighted by Crippen LogP contribution is 2.32. The van der Waals surface area contributed by atoms with E-state index < -0.39 is 0 Å². The van der Waals surface area contributed by atoms with Gasteiger partial charge in [-0.1, -0.05) is 29.8 Å². The Balaban J connectivity index is 1.59. The molecule has 0 unspecified atom stereocenters. The fourth-order valence-corrected chi connectivity index (χ4v) is 3.32. The fourth-order valence-electron chi connectivity index (χ4n) is 3.10. The second kappa shape index (κ2) is 10.6. The van der Waals surface area contributed by atoms with Crippen molar-refractivity contribution in [3.05, 3.63) is 58.4 Å². The lowest BCUT2D eigenvalue weighted by Crippen LogP contribution is -2.40. The van der Waals surface area contributed by atoms with Crippen molar-refractivity contribution in [2.45, 2.75) is 13.2 Å². The standard InChI is InChI=1S/C21H26ClFN2O3/c1-26-20-4-2-3-16(14-24-7-8-25-9-11-27-12-10-25)21(20)28-15-17-5-6-18(23)13-19(17)22/h2-6,13,24H,7-12,14-15H2,1H3. The number of rotatable bonds is 9. The molecule has 0 aromatic heterocycles. The van der Waals surface area contributed by atoms with E-state index in [2.05, 4.69) is 10.2 Å². The lowest BCUT2D eigenvalue weighted by Gasteiger charge is -2.26. The van der Waals surface area contributed by atoms with Crippen molar-refractivity contribution < 1.29 is 18.6 Å². The van der Waals surface area contributed by atoms with Crippen LogP contribution in [0.1, 0.15) is 11.1 Å². The first kappa shape index (κ1) is 20.9. The Labute approximate surface area is 170 Å². The van der Waals surface area contributed by atoms with Crippen LogP contribution in [0.2, 0.25) is 5.02 Å². The molecule has 1 aliphatic heterocycles. The zero-order valence-corrected chi connectivity index (χ0v) is 16.8. The van der Waals surface area contributed by atoms with Crippen LogP contribution >= 0.6 is 11.6 Å². The van der Waals surface area contributed by atoms with Crippen molar-refractivity contribution in [1.29, 1.82) is 0 Å². The number of morpholine rings is 1. The van der Waals surface area contributed by atoms with E-state index in [1.54, 1.807) is 13.2 Å². The third kappa shape index (κ3) is 5.82. The maximum Gasteiger partial charge on any atom is 0.166 e. The molecule has 152 valence electrons. The molecule has 0 spiro atoms. The monoisotopic (exact) mass is 408 g/mol. The number of methoxy groups -OCH3 is 1. The summed E-state index contributed by atoms with van der Waals surface area (Å²) >= 11 is 6.11. The Bertz CT molecular complexity index is 769. The second-order valence-corrected chi connectivity index (χ2v) is 7.01. The minimum absolute atomic E-state index is 0.236. The maximum absolute atomic E-state index is 13.2. The number of ether oxygens (including phenoxy) is 3. The summed E-state index contributed by atoms with van der Waals surface area (Å²) < 4.78 is 30.1. The summed E-state index contributed by atoms with van der Waals surface area (Å²) in [6.45, 7) is 6.32. The molecule has 0 amide bonds. The SMILES string of the molecule is COc1cccc(CNCCN2CCOCC2)c1OCc1ccc(F)cc1Cl. The van der Waals surface area contributed by atoms with Gasteiger partial charge in [-0.15, -0.1) is 0 Å². The summed E-state index contributed by atoms with van der Waals surface area (Å²) in [5, 5.41) is 3.81. The normalized spacial score (nSPS) is 14.8.